The number of benzene rings is 1. The summed E-state index contributed by atoms with van der Waals surface area (Å²) in [5.41, 5.74) is 6.72. The quantitative estimate of drug-likeness (QED) is 0.906. The van der Waals surface area contributed by atoms with Crippen LogP contribution in [0.25, 0.3) is 6.08 Å². The van der Waals surface area contributed by atoms with Crippen LogP contribution in [0.4, 0.5) is 10.1 Å². The molecule has 1 aromatic heterocycles. The van der Waals surface area contributed by atoms with Crippen LogP contribution in [-0.4, -0.2) is 24.4 Å². The van der Waals surface area contributed by atoms with Crippen LogP contribution in [0.2, 0.25) is 0 Å². The standard InChI is InChI=1S/C14H13FN4O2S/c1-9(16)13-5-10-3-2-4-12(15)14(10)22(20,21)19(13)11-6-17-8-18-7-11/h2-9H,16H2,1H3/t9-/m0/s1. The first-order valence-corrected chi connectivity index (χ1v) is 7.93. The van der Waals surface area contributed by atoms with E-state index in [0.717, 1.165) is 10.4 Å². The Morgan fingerprint density at radius 1 is 1.27 bits per heavy atom. The predicted molar refractivity (Wildman–Crippen MR) is 79.7 cm³/mol. The zero-order chi connectivity index (χ0) is 15.9. The van der Waals surface area contributed by atoms with E-state index in [4.69, 9.17) is 5.73 Å². The molecule has 0 radical (unpaired) electrons. The molecule has 0 saturated heterocycles. The first-order chi connectivity index (χ1) is 10.4. The van der Waals surface area contributed by atoms with Crippen molar-refractivity contribution in [3.8, 4) is 0 Å². The monoisotopic (exact) mass is 320 g/mol. The molecule has 1 atom stereocenters. The van der Waals surface area contributed by atoms with Gasteiger partial charge in [0.05, 0.1) is 23.8 Å². The highest BCUT2D eigenvalue weighted by Gasteiger charge is 2.37. The van der Waals surface area contributed by atoms with Gasteiger partial charge in [-0.2, -0.15) is 0 Å². The van der Waals surface area contributed by atoms with Gasteiger partial charge in [0.25, 0.3) is 10.0 Å². The summed E-state index contributed by atoms with van der Waals surface area (Å²) >= 11 is 0. The fourth-order valence-corrected chi connectivity index (χ4v) is 4.15. The number of fused-ring (bicyclic) bond motifs is 1. The van der Waals surface area contributed by atoms with Crippen molar-refractivity contribution in [2.75, 3.05) is 4.31 Å². The number of hydrogen-bond acceptors (Lipinski definition) is 5. The van der Waals surface area contributed by atoms with Gasteiger partial charge in [0.1, 0.15) is 17.0 Å². The highest BCUT2D eigenvalue weighted by atomic mass is 32.2. The number of halogens is 1. The van der Waals surface area contributed by atoms with E-state index in [1.54, 1.807) is 13.0 Å². The molecule has 0 fully saturated rings. The van der Waals surface area contributed by atoms with E-state index in [1.165, 1.54) is 30.9 Å². The molecule has 3 rings (SSSR count). The Morgan fingerprint density at radius 2 is 1.95 bits per heavy atom. The molecule has 0 amide bonds. The molecule has 0 saturated carbocycles. The molecule has 2 aromatic rings. The van der Waals surface area contributed by atoms with Gasteiger partial charge < -0.3 is 5.73 Å². The molecule has 22 heavy (non-hydrogen) atoms. The molecule has 1 aliphatic heterocycles. The van der Waals surface area contributed by atoms with Gasteiger partial charge in [-0.3, -0.25) is 0 Å². The van der Waals surface area contributed by atoms with Crippen LogP contribution in [0.3, 0.4) is 0 Å². The average Bonchev–Trinajstić information content (AvgIpc) is 2.46. The molecule has 0 aliphatic carbocycles. The summed E-state index contributed by atoms with van der Waals surface area (Å²) in [6.45, 7) is 1.66. The number of nitrogens with zero attached hydrogens (tertiary/aromatic N) is 3. The van der Waals surface area contributed by atoms with Crippen molar-refractivity contribution in [2.45, 2.75) is 17.9 Å². The topological polar surface area (TPSA) is 89.2 Å². The molecule has 0 bridgehead atoms. The second-order valence-corrected chi connectivity index (χ2v) is 6.61. The number of nitrogens with two attached hydrogens (primary N) is 1. The maximum Gasteiger partial charge on any atom is 0.272 e. The van der Waals surface area contributed by atoms with Crippen molar-refractivity contribution in [1.29, 1.82) is 0 Å². The highest BCUT2D eigenvalue weighted by Crippen LogP contribution is 2.36. The van der Waals surface area contributed by atoms with Crippen LogP contribution in [-0.2, 0) is 10.0 Å². The van der Waals surface area contributed by atoms with E-state index in [1.807, 2.05) is 0 Å². The van der Waals surface area contributed by atoms with Gasteiger partial charge in [0.15, 0.2) is 0 Å². The first-order valence-electron chi connectivity index (χ1n) is 6.49. The molecular weight excluding hydrogens is 307 g/mol. The van der Waals surface area contributed by atoms with Crippen molar-refractivity contribution in [2.24, 2.45) is 5.73 Å². The lowest BCUT2D eigenvalue weighted by atomic mass is 10.1. The minimum atomic E-state index is -4.13. The molecule has 0 spiro atoms. The highest BCUT2D eigenvalue weighted by molar-refractivity contribution is 7.93. The van der Waals surface area contributed by atoms with Gasteiger partial charge in [-0.1, -0.05) is 12.1 Å². The summed E-state index contributed by atoms with van der Waals surface area (Å²) < 4.78 is 40.8. The minimum absolute atomic E-state index is 0.208. The Hall–Kier alpha value is -2.32. The predicted octanol–water partition coefficient (Wildman–Crippen LogP) is 1.51. The summed E-state index contributed by atoms with van der Waals surface area (Å²) in [5, 5.41) is 0. The van der Waals surface area contributed by atoms with Crippen LogP contribution < -0.4 is 10.0 Å². The zero-order valence-electron chi connectivity index (χ0n) is 11.6. The number of hydrogen-bond donors (Lipinski definition) is 1. The molecule has 8 heteroatoms. The van der Waals surface area contributed by atoms with Crippen LogP contribution in [0.5, 0.6) is 0 Å². The van der Waals surface area contributed by atoms with E-state index in [0.29, 0.717) is 5.70 Å². The fourth-order valence-electron chi connectivity index (χ4n) is 2.36. The molecule has 0 unspecified atom stereocenters. The Labute approximate surface area is 127 Å². The number of sulfonamides is 1. The van der Waals surface area contributed by atoms with Crippen molar-refractivity contribution >= 4 is 21.8 Å². The van der Waals surface area contributed by atoms with Gasteiger partial charge in [-0.15, -0.1) is 0 Å². The van der Waals surface area contributed by atoms with Gasteiger partial charge >= 0.3 is 0 Å². The summed E-state index contributed by atoms with van der Waals surface area (Å²) in [4.78, 5) is 7.27. The van der Waals surface area contributed by atoms with Gasteiger partial charge in [-0.05, 0) is 24.6 Å². The van der Waals surface area contributed by atoms with Crippen molar-refractivity contribution in [3.63, 3.8) is 0 Å². The maximum atomic E-state index is 14.1. The smallest absolute Gasteiger partial charge is 0.272 e. The third-order valence-electron chi connectivity index (χ3n) is 3.28. The van der Waals surface area contributed by atoms with Crippen molar-refractivity contribution < 1.29 is 12.8 Å². The van der Waals surface area contributed by atoms with Crippen LogP contribution in [0.1, 0.15) is 12.5 Å². The van der Waals surface area contributed by atoms with Crippen LogP contribution >= 0.6 is 0 Å². The van der Waals surface area contributed by atoms with Crippen molar-refractivity contribution in [3.05, 3.63) is 54.0 Å². The lowest BCUT2D eigenvalue weighted by molar-refractivity contribution is 0.562. The van der Waals surface area contributed by atoms with Crippen LogP contribution in [0, 0.1) is 5.82 Å². The van der Waals surface area contributed by atoms with E-state index in [-0.39, 0.29) is 16.1 Å². The van der Waals surface area contributed by atoms with Crippen molar-refractivity contribution in [1.82, 2.24) is 9.97 Å². The number of rotatable bonds is 2. The Morgan fingerprint density at radius 3 is 2.59 bits per heavy atom. The zero-order valence-corrected chi connectivity index (χ0v) is 12.5. The summed E-state index contributed by atoms with van der Waals surface area (Å²) in [5.74, 6) is -0.806. The molecule has 2 heterocycles. The Kier molecular flexibility index (Phi) is 3.42. The second kappa shape index (κ2) is 5.15. The molecule has 2 N–H and O–H groups in total. The third-order valence-corrected chi connectivity index (χ3v) is 5.13. The molecular formula is C14H13FN4O2S. The number of aromatic nitrogens is 2. The first kappa shape index (κ1) is 14.6. The lowest BCUT2D eigenvalue weighted by Gasteiger charge is -2.32. The summed E-state index contributed by atoms with van der Waals surface area (Å²) in [6, 6.07) is 3.53. The molecule has 1 aliphatic rings. The largest absolute Gasteiger partial charge is 0.323 e. The minimum Gasteiger partial charge on any atom is -0.323 e. The van der Waals surface area contributed by atoms with E-state index in [2.05, 4.69) is 9.97 Å². The normalized spacial score (nSPS) is 17.6. The fraction of sp³-hybridized carbons (Fsp3) is 0.143. The van der Waals surface area contributed by atoms with Crippen LogP contribution in [0.15, 0.2) is 47.5 Å². The Balaban J connectivity index is 2.33. The average molecular weight is 320 g/mol. The SMILES string of the molecule is C[C@H](N)C1=Cc2cccc(F)c2S(=O)(=O)N1c1cncnc1. The van der Waals surface area contributed by atoms with Gasteiger partial charge in [-0.25, -0.2) is 27.1 Å². The van der Waals surface area contributed by atoms with E-state index in [9.17, 15) is 12.8 Å². The molecule has 6 nitrogen and oxygen atoms in total. The molecule has 1 aromatic carbocycles. The van der Waals surface area contributed by atoms with Gasteiger partial charge in [0, 0.05) is 6.04 Å². The van der Waals surface area contributed by atoms with E-state index >= 15 is 0 Å². The third kappa shape index (κ3) is 2.16. The Bertz CT molecular complexity index is 850. The molecule has 114 valence electrons. The number of anilines is 1. The lowest BCUT2D eigenvalue weighted by Crippen LogP contribution is -2.40. The van der Waals surface area contributed by atoms with Gasteiger partial charge in [0.2, 0.25) is 0 Å². The van der Waals surface area contributed by atoms with E-state index < -0.39 is 21.9 Å². The second-order valence-electron chi connectivity index (χ2n) is 4.88. The maximum absolute atomic E-state index is 14.1. The summed E-state index contributed by atoms with van der Waals surface area (Å²) in [7, 11) is -4.13. The summed E-state index contributed by atoms with van der Waals surface area (Å²) in [6.07, 6.45) is 5.53.